The summed E-state index contributed by atoms with van der Waals surface area (Å²) in [6.07, 6.45) is 1.22. The minimum absolute atomic E-state index is 0.0978. The van der Waals surface area contributed by atoms with Gasteiger partial charge in [0.2, 0.25) is 11.6 Å². The van der Waals surface area contributed by atoms with Crippen molar-refractivity contribution in [2.75, 3.05) is 5.32 Å². The number of para-hydroxylation sites is 1. The predicted molar refractivity (Wildman–Crippen MR) is 143 cm³/mol. The van der Waals surface area contributed by atoms with Crippen LogP contribution >= 0.6 is 0 Å². The van der Waals surface area contributed by atoms with Crippen molar-refractivity contribution in [1.29, 1.82) is 5.41 Å². The van der Waals surface area contributed by atoms with Crippen LogP contribution in [-0.2, 0) is 6.42 Å². The van der Waals surface area contributed by atoms with Crippen LogP contribution in [-0.4, -0.2) is 27.9 Å². The van der Waals surface area contributed by atoms with Crippen LogP contribution in [0.25, 0.3) is 0 Å². The number of hydrogen-bond donors (Lipinski definition) is 4. The molecule has 3 aromatic carbocycles. The normalized spacial score (nSPS) is 11.5. The highest BCUT2D eigenvalue weighted by atomic mass is 19.1. The molecular weight excluding hydrogens is 506 g/mol. The van der Waals surface area contributed by atoms with Gasteiger partial charge in [-0.2, -0.15) is 13.8 Å². The number of carboxylic acids is 1. The van der Waals surface area contributed by atoms with E-state index >= 15 is 8.78 Å². The second-order valence-corrected chi connectivity index (χ2v) is 8.74. The molecule has 10 heteroatoms. The summed E-state index contributed by atoms with van der Waals surface area (Å²) in [4.78, 5) is 15.5. The Morgan fingerprint density at radius 1 is 1.00 bits per heavy atom. The molecule has 4 rings (SSSR count). The number of pyridine rings is 1. The monoisotopic (exact) mass is 532 g/mol. The number of nitrogens with one attached hydrogen (secondary N) is 2. The maximum Gasteiger partial charge on any atom is 0.339 e. The van der Waals surface area contributed by atoms with Gasteiger partial charge in [0.05, 0.1) is 0 Å². The molecule has 39 heavy (non-hydrogen) atoms. The van der Waals surface area contributed by atoms with Gasteiger partial charge in [0.25, 0.3) is 11.8 Å². The van der Waals surface area contributed by atoms with Crippen LogP contribution in [0.15, 0.2) is 78.9 Å². The molecule has 0 unspecified atom stereocenters. The molecule has 0 aliphatic carbocycles. The zero-order chi connectivity index (χ0) is 27.9. The number of halogens is 2. The molecule has 0 saturated heterocycles. The lowest BCUT2D eigenvalue weighted by Gasteiger charge is -2.19. The van der Waals surface area contributed by atoms with Crippen molar-refractivity contribution in [2.45, 2.75) is 25.8 Å². The molecule has 1 atom stereocenters. The van der Waals surface area contributed by atoms with Gasteiger partial charge in [-0.1, -0.05) is 54.6 Å². The molecule has 4 aromatic rings. The lowest BCUT2D eigenvalue weighted by Crippen LogP contribution is -2.19. The standard InChI is InChI=1S/C29H26F2N4O4/c1-17(14-15-18-8-3-2-4-9-18)34-25-23(30)27(38-20-11-7-10-19(16-20)26(32)33)35-28(24(25)31)39-22-13-6-5-12-21(22)29(36)37/h2-13,16-17H,14-15H2,1H3,(H3,32,33)(H,34,35)(H,36,37)/t17-/m1/s1. The van der Waals surface area contributed by atoms with Gasteiger partial charge in [0.1, 0.15) is 28.6 Å². The van der Waals surface area contributed by atoms with Crippen molar-refractivity contribution in [3.8, 4) is 23.3 Å². The van der Waals surface area contributed by atoms with Gasteiger partial charge < -0.3 is 25.6 Å². The van der Waals surface area contributed by atoms with E-state index in [4.69, 9.17) is 20.6 Å². The summed E-state index contributed by atoms with van der Waals surface area (Å²) < 4.78 is 42.4. The Balaban J connectivity index is 1.70. The lowest BCUT2D eigenvalue weighted by atomic mass is 10.1. The number of aromatic nitrogens is 1. The van der Waals surface area contributed by atoms with E-state index in [0.717, 1.165) is 5.56 Å². The molecular formula is C29H26F2N4O4. The SMILES string of the molecule is C[C@H](CCc1ccccc1)Nc1c(F)c(Oc2cccc(C(=N)N)c2)nc(Oc2ccccc2C(=O)O)c1F. The average molecular weight is 533 g/mol. The third-order valence-electron chi connectivity index (χ3n) is 5.80. The lowest BCUT2D eigenvalue weighted by molar-refractivity contribution is 0.0694. The molecule has 0 saturated carbocycles. The third kappa shape index (κ3) is 6.67. The van der Waals surface area contributed by atoms with E-state index in [0.29, 0.717) is 18.4 Å². The molecule has 0 aliphatic rings. The number of aryl methyl sites for hydroxylation is 1. The number of amidine groups is 1. The Hall–Kier alpha value is -4.99. The number of carboxylic acid groups (broad SMARTS) is 1. The Morgan fingerprint density at radius 3 is 2.36 bits per heavy atom. The highest BCUT2D eigenvalue weighted by molar-refractivity contribution is 5.95. The van der Waals surface area contributed by atoms with Crippen molar-refractivity contribution in [3.05, 3.63) is 107 Å². The molecule has 1 heterocycles. The van der Waals surface area contributed by atoms with Gasteiger partial charge in [-0.3, -0.25) is 5.41 Å². The minimum atomic E-state index is -1.29. The summed E-state index contributed by atoms with van der Waals surface area (Å²) in [5, 5.41) is 19.9. The molecule has 0 spiro atoms. The number of hydrogen-bond acceptors (Lipinski definition) is 6. The fourth-order valence-electron chi connectivity index (χ4n) is 3.78. The maximum absolute atomic E-state index is 15.6. The van der Waals surface area contributed by atoms with Gasteiger partial charge >= 0.3 is 5.97 Å². The quantitative estimate of drug-likeness (QED) is 0.131. The van der Waals surface area contributed by atoms with Gasteiger partial charge in [0, 0.05) is 11.6 Å². The molecule has 0 amide bonds. The number of nitrogens with two attached hydrogens (primary N) is 1. The molecule has 200 valence electrons. The van der Waals surface area contributed by atoms with E-state index < -0.39 is 35.1 Å². The topological polar surface area (TPSA) is 131 Å². The zero-order valence-electron chi connectivity index (χ0n) is 20.9. The highest BCUT2D eigenvalue weighted by Crippen LogP contribution is 2.37. The third-order valence-corrected chi connectivity index (χ3v) is 5.80. The van der Waals surface area contributed by atoms with Crippen molar-refractivity contribution in [3.63, 3.8) is 0 Å². The number of carbonyl (C=O) groups is 1. The first kappa shape index (κ1) is 27.1. The molecule has 8 nitrogen and oxygen atoms in total. The fraction of sp³-hybridized carbons (Fsp3) is 0.138. The van der Waals surface area contributed by atoms with Gasteiger partial charge in [-0.05, 0) is 49.6 Å². The summed E-state index contributed by atoms with van der Waals surface area (Å²) >= 11 is 0. The van der Waals surface area contributed by atoms with E-state index in [1.807, 2.05) is 30.3 Å². The van der Waals surface area contributed by atoms with Gasteiger partial charge in [0.15, 0.2) is 0 Å². The summed E-state index contributed by atoms with van der Waals surface area (Å²) in [5.41, 5.74) is 6.17. The van der Waals surface area contributed by atoms with Gasteiger partial charge in [-0.25, -0.2) is 4.79 Å². The van der Waals surface area contributed by atoms with Crippen LogP contribution in [0.2, 0.25) is 0 Å². The second kappa shape index (κ2) is 12.0. The van der Waals surface area contributed by atoms with E-state index in [1.54, 1.807) is 19.1 Å². The van der Waals surface area contributed by atoms with Gasteiger partial charge in [-0.15, -0.1) is 0 Å². The van der Waals surface area contributed by atoms with Crippen LogP contribution in [0, 0.1) is 17.0 Å². The van der Waals surface area contributed by atoms with Crippen molar-refractivity contribution >= 4 is 17.5 Å². The number of anilines is 1. The van der Waals surface area contributed by atoms with Crippen LogP contribution in [0.4, 0.5) is 14.5 Å². The first-order chi connectivity index (χ1) is 18.7. The average Bonchev–Trinajstić information content (AvgIpc) is 2.93. The summed E-state index contributed by atoms with van der Waals surface area (Å²) in [6.45, 7) is 1.78. The predicted octanol–water partition coefficient (Wildman–Crippen LogP) is 6.36. The van der Waals surface area contributed by atoms with Crippen LogP contribution in [0.3, 0.4) is 0 Å². The zero-order valence-corrected chi connectivity index (χ0v) is 20.9. The Kier molecular flexibility index (Phi) is 8.35. The second-order valence-electron chi connectivity index (χ2n) is 8.74. The summed E-state index contributed by atoms with van der Waals surface area (Å²) in [7, 11) is 0. The van der Waals surface area contributed by atoms with Crippen LogP contribution < -0.4 is 20.5 Å². The Bertz CT molecular complexity index is 1500. The smallest absolute Gasteiger partial charge is 0.339 e. The number of aromatic carboxylic acids is 1. The minimum Gasteiger partial charge on any atom is -0.478 e. The molecule has 0 radical (unpaired) electrons. The van der Waals surface area contributed by atoms with Crippen molar-refractivity contribution < 1.29 is 28.2 Å². The number of rotatable bonds is 11. The van der Waals surface area contributed by atoms with Crippen molar-refractivity contribution in [1.82, 2.24) is 4.98 Å². The van der Waals surface area contributed by atoms with E-state index in [9.17, 15) is 9.90 Å². The molecule has 5 N–H and O–H groups in total. The maximum atomic E-state index is 15.6. The first-order valence-electron chi connectivity index (χ1n) is 12.0. The van der Waals surface area contributed by atoms with E-state index in [2.05, 4.69) is 10.3 Å². The first-order valence-corrected chi connectivity index (χ1v) is 12.0. The Labute approximate surface area is 223 Å². The number of nitrogen functional groups attached to an aromatic ring is 1. The fourth-order valence-corrected chi connectivity index (χ4v) is 3.78. The number of nitrogens with zero attached hydrogens (tertiary/aromatic N) is 1. The van der Waals surface area contributed by atoms with E-state index in [-0.39, 0.29) is 28.9 Å². The molecule has 1 aromatic heterocycles. The number of benzene rings is 3. The molecule has 0 aliphatic heterocycles. The largest absolute Gasteiger partial charge is 0.478 e. The highest BCUT2D eigenvalue weighted by Gasteiger charge is 2.26. The van der Waals surface area contributed by atoms with E-state index in [1.165, 1.54) is 36.4 Å². The number of ether oxygens (including phenoxy) is 2. The van der Waals surface area contributed by atoms with Crippen molar-refractivity contribution in [2.24, 2.45) is 5.73 Å². The molecule has 0 fully saturated rings. The Morgan fingerprint density at radius 2 is 1.67 bits per heavy atom. The summed E-state index contributed by atoms with van der Waals surface area (Å²) in [5.74, 6) is -5.15. The molecule has 0 bridgehead atoms. The summed E-state index contributed by atoms with van der Waals surface area (Å²) in [6, 6.07) is 20.9. The van der Waals surface area contributed by atoms with Crippen LogP contribution in [0.5, 0.6) is 23.3 Å². The van der Waals surface area contributed by atoms with Crippen LogP contribution in [0.1, 0.15) is 34.8 Å².